The van der Waals surface area contributed by atoms with E-state index in [0.29, 0.717) is 6.61 Å². The van der Waals surface area contributed by atoms with Crippen molar-refractivity contribution >= 4 is 6.08 Å². The summed E-state index contributed by atoms with van der Waals surface area (Å²) in [7, 11) is 4.93. The molecule has 2 aromatic rings. The molecule has 1 aliphatic heterocycles. The Morgan fingerprint density at radius 1 is 0.913 bits per heavy atom. The van der Waals surface area contributed by atoms with E-state index in [1.165, 1.54) is 0 Å². The molecule has 0 aliphatic carbocycles. The molecule has 0 bridgehead atoms. The Morgan fingerprint density at radius 3 is 2.48 bits per heavy atom. The van der Waals surface area contributed by atoms with Crippen LogP contribution in [0.15, 0.2) is 42.5 Å². The van der Waals surface area contributed by atoms with E-state index in [0.717, 1.165) is 34.1 Å². The van der Waals surface area contributed by atoms with E-state index in [1.807, 2.05) is 36.4 Å². The van der Waals surface area contributed by atoms with E-state index in [1.54, 1.807) is 21.3 Å². The lowest BCUT2D eigenvalue weighted by atomic mass is 9.98. The van der Waals surface area contributed by atoms with Gasteiger partial charge in [0, 0.05) is 17.5 Å². The second-order valence-electron chi connectivity index (χ2n) is 5.29. The molecule has 1 unspecified atom stereocenters. The molecule has 0 N–H and O–H groups in total. The fourth-order valence-electron chi connectivity index (χ4n) is 2.65. The Balaban J connectivity index is 1.87. The van der Waals surface area contributed by atoms with Crippen LogP contribution in [0.3, 0.4) is 0 Å². The van der Waals surface area contributed by atoms with Crippen molar-refractivity contribution in [1.29, 1.82) is 0 Å². The summed E-state index contributed by atoms with van der Waals surface area (Å²) in [4.78, 5) is 0. The van der Waals surface area contributed by atoms with Crippen molar-refractivity contribution in [2.24, 2.45) is 0 Å². The van der Waals surface area contributed by atoms with Crippen molar-refractivity contribution in [3.63, 3.8) is 0 Å². The number of fused-ring (bicyclic) bond motifs is 1. The molecule has 1 atom stereocenters. The first-order valence-corrected chi connectivity index (χ1v) is 7.46. The second kappa shape index (κ2) is 6.65. The van der Waals surface area contributed by atoms with Gasteiger partial charge in [0.15, 0.2) is 11.5 Å². The van der Waals surface area contributed by atoms with Crippen LogP contribution in [-0.4, -0.2) is 27.9 Å². The number of rotatable bonds is 4. The average molecular weight is 312 g/mol. The highest BCUT2D eigenvalue weighted by atomic mass is 16.5. The van der Waals surface area contributed by atoms with E-state index < -0.39 is 0 Å². The molecule has 120 valence electrons. The number of hydrogen-bond donors (Lipinski definition) is 0. The van der Waals surface area contributed by atoms with Crippen LogP contribution in [0.5, 0.6) is 23.0 Å². The summed E-state index contributed by atoms with van der Waals surface area (Å²) in [6, 6.07) is 11.8. The predicted molar refractivity (Wildman–Crippen MR) is 89.8 cm³/mol. The van der Waals surface area contributed by atoms with E-state index in [4.69, 9.17) is 18.9 Å². The summed E-state index contributed by atoms with van der Waals surface area (Å²) < 4.78 is 21.9. The van der Waals surface area contributed by atoms with E-state index in [-0.39, 0.29) is 5.92 Å². The van der Waals surface area contributed by atoms with Gasteiger partial charge >= 0.3 is 0 Å². The zero-order valence-corrected chi connectivity index (χ0v) is 13.5. The third-order valence-electron chi connectivity index (χ3n) is 3.98. The van der Waals surface area contributed by atoms with Gasteiger partial charge in [-0.05, 0) is 29.8 Å². The molecule has 0 spiro atoms. The molecule has 1 heterocycles. The molecular weight excluding hydrogens is 292 g/mol. The summed E-state index contributed by atoms with van der Waals surface area (Å²) in [6.07, 6.45) is 4.24. The van der Waals surface area contributed by atoms with Crippen molar-refractivity contribution in [2.75, 3.05) is 27.9 Å². The molecule has 0 amide bonds. The normalized spacial score (nSPS) is 16.0. The fourth-order valence-corrected chi connectivity index (χ4v) is 2.65. The van der Waals surface area contributed by atoms with Crippen LogP contribution < -0.4 is 18.9 Å². The summed E-state index contributed by atoms with van der Waals surface area (Å²) in [5.41, 5.74) is 2.17. The Kier molecular flexibility index (Phi) is 4.42. The summed E-state index contributed by atoms with van der Waals surface area (Å²) in [5, 5.41) is 0. The van der Waals surface area contributed by atoms with Gasteiger partial charge in [0.25, 0.3) is 0 Å². The third kappa shape index (κ3) is 3.11. The van der Waals surface area contributed by atoms with Crippen LogP contribution in [0, 0.1) is 0 Å². The number of hydrogen-bond acceptors (Lipinski definition) is 4. The van der Waals surface area contributed by atoms with E-state index in [9.17, 15) is 0 Å². The molecule has 0 saturated heterocycles. The van der Waals surface area contributed by atoms with Crippen LogP contribution in [-0.2, 0) is 0 Å². The van der Waals surface area contributed by atoms with Crippen LogP contribution in [0.2, 0.25) is 0 Å². The first-order chi connectivity index (χ1) is 11.2. The maximum atomic E-state index is 5.97. The number of ether oxygens (including phenoxy) is 4. The predicted octanol–water partition coefficient (Wildman–Crippen LogP) is 3.90. The molecule has 1 aliphatic rings. The van der Waals surface area contributed by atoms with E-state index >= 15 is 0 Å². The Hall–Kier alpha value is -2.62. The van der Waals surface area contributed by atoms with Crippen LogP contribution >= 0.6 is 0 Å². The maximum absolute atomic E-state index is 5.97. The smallest absolute Gasteiger partial charge is 0.161 e. The lowest BCUT2D eigenvalue weighted by Crippen LogP contribution is -2.07. The minimum atomic E-state index is 0.146. The molecule has 4 nitrogen and oxygen atoms in total. The van der Waals surface area contributed by atoms with Crippen molar-refractivity contribution < 1.29 is 18.9 Å². The lowest BCUT2D eigenvalue weighted by Gasteiger charge is -2.15. The first kappa shape index (κ1) is 15.3. The van der Waals surface area contributed by atoms with Crippen LogP contribution in [0.1, 0.15) is 17.0 Å². The van der Waals surface area contributed by atoms with Crippen LogP contribution in [0.25, 0.3) is 6.08 Å². The zero-order chi connectivity index (χ0) is 16.2. The van der Waals surface area contributed by atoms with Crippen molar-refractivity contribution in [3.05, 3.63) is 53.6 Å². The Morgan fingerprint density at radius 2 is 1.74 bits per heavy atom. The van der Waals surface area contributed by atoms with Crippen molar-refractivity contribution in [3.8, 4) is 23.0 Å². The average Bonchev–Trinajstić information content (AvgIpc) is 2.83. The topological polar surface area (TPSA) is 36.9 Å². The van der Waals surface area contributed by atoms with Gasteiger partial charge < -0.3 is 18.9 Å². The Labute approximate surface area is 136 Å². The Bertz CT molecular complexity index is 721. The molecule has 0 radical (unpaired) electrons. The van der Waals surface area contributed by atoms with Gasteiger partial charge in [0.1, 0.15) is 11.5 Å². The van der Waals surface area contributed by atoms with Gasteiger partial charge in [-0.2, -0.15) is 0 Å². The molecule has 0 fully saturated rings. The highest BCUT2D eigenvalue weighted by Crippen LogP contribution is 2.35. The van der Waals surface area contributed by atoms with Gasteiger partial charge in [-0.25, -0.2) is 0 Å². The van der Waals surface area contributed by atoms with Gasteiger partial charge in [-0.15, -0.1) is 0 Å². The van der Waals surface area contributed by atoms with Crippen LogP contribution in [0.4, 0.5) is 0 Å². The number of benzene rings is 2. The molecule has 4 heteroatoms. The molecule has 0 aromatic heterocycles. The first-order valence-electron chi connectivity index (χ1n) is 7.46. The maximum Gasteiger partial charge on any atom is 0.161 e. The third-order valence-corrected chi connectivity index (χ3v) is 3.98. The minimum absolute atomic E-state index is 0.146. The number of methoxy groups -OCH3 is 3. The highest BCUT2D eigenvalue weighted by molar-refractivity contribution is 5.61. The highest BCUT2D eigenvalue weighted by Gasteiger charge is 2.17. The summed E-state index contributed by atoms with van der Waals surface area (Å²) >= 11 is 0. The molecular formula is C19H20O4. The fraction of sp³-hybridized carbons (Fsp3) is 0.263. The second-order valence-corrected chi connectivity index (χ2v) is 5.29. The minimum Gasteiger partial charge on any atom is -0.497 e. The molecule has 2 aromatic carbocycles. The lowest BCUT2D eigenvalue weighted by molar-refractivity contribution is 0.305. The molecule has 23 heavy (non-hydrogen) atoms. The van der Waals surface area contributed by atoms with Gasteiger partial charge in [-0.3, -0.25) is 0 Å². The molecule has 0 saturated carbocycles. The summed E-state index contributed by atoms with van der Waals surface area (Å²) in [6.45, 7) is 0.562. The summed E-state index contributed by atoms with van der Waals surface area (Å²) in [5.74, 6) is 3.23. The van der Waals surface area contributed by atoms with Gasteiger partial charge in [0.2, 0.25) is 0 Å². The quantitative estimate of drug-likeness (QED) is 0.858. The standard InChI is InChI=1S/C19H20O4/c1-20-16-8-6-13-4-5-15(12-23-18(13)11-16)14-7-9-17(21-2)19(10-14)22-3/h4-11,15H,12H2,1-3H3. The largest absolute Gasteiger partial charge is 0.497 e. The van der Waals surface area contributed by atoms with Gasteiger partial charge in [-0.1, -0.05) is 18.2 Å². The van der Waals surface area contributed by atoms with Gasteiger partial charge in [0.05, 0.1) is 27.9 Å². The zero-order valence-electron chi connectivity index (χ0n) is 13.5. The van der Waals surface area contributed by atoms with Crippen molar-refractivity contribution in [1.82, 2.24) is 0 Å². The van der Waals surface area contributed by atoms with Crippen molar-refractivity contribution in [2.45, 2.75) is 5.92 Å². The SMILES string of the molecule is COc1ccc2c(c1)OCC(c1ccc(OC)c(OC)c1)C=C2. The molecule has 3 rings (SSSR count). The van der Waals surface area contributed by atoms with E-state index in [2.05, 4.69) is 12.2 Å². The monoisotopic (exact) mass is 312 g/mol.